The predicted octanol–water partition coefficient (Wildman–Crippen LogP) is 4.84. The Morgan fingerprint density at radius 1 is 1.06 bits per heavy atom. The van der Waals surface area contributed by atoms with Crippen LogP contribution in [0, 0.1) is 11.3 Å². The van der Waals surface area contributed by atoms with Gasteiger partial charge >= 0.3 is 0 Å². The average Bonchev–Trinajstić information content (AvgIpc) is 3.35. The molecule has 0 spiro atoms. The summed E-state index contributed by atoms with van der Waals surface area (Å²) >= 11 is 0. The van der Waals surface area contributed by atoms with E-state index in [4.69, 9.17) is 9.68 Å². The summed E-state index contributed by atoms with van der Waals surface area (Å²) in [5, 5.41) is 12.4. The van der Waals surface area contributed by atoms with Crippen LogP contribution in [0.15, 0.2) is 76.7 Å². The maximum absolute atomic E-state index is 13.4. The fourth-order valence-corrected chi connectivity index (χ4v) is 3.80. The van der Waals surface area contributed by atoms with Crippen LogP contribution in [0.25, 0.3) is 11.3 Å². The lowest BCUT2D eigenvalue weighted by Gasteiger charge is -2.30. The summed E-state index contributed by atoms with van der Waals surface area (Å²) in [7, 11) is 0. The van der Waals surface area contributed by atoms with Crippen LogP contribution in [0.5, 0.6) is 0 Å². The molecule has 6 nitrogen and oxygen atoms in total. The van der Waals surface area contributed by atoms with Gasteiger partial charge in [-0.3, -0.25) is 4.79 Å². The lowest BCUT2D eigenvalue weighted by Crippen LogP contribution is -2.43. The number of nitriles is 1. The first-order valence-corrected chi connectivity index (χ1v) is 11.2. The number of rotatable bonds is 6. The van der Waals surface area contributed by atoms with Gasteiger partial charge in [-0.05, 0) is 74.5 Å². The van der Waals surface area contributed by atoms with E-state index >= 15 is 0 Å². The quantitative estimate of drug-likeness (QED) is 0.555. The zero-order valence-corrected chi connectivity index (χ0v) is 19.0. The van der Waals surface area contributed by atoms with E-state index < -0.39 is 0 Å². The largest absolute Gasteiger partial charge is 0.451 e. The normalized spacial score (nSPS) is 13.3. The summed E-state index contributed by atoms with van der Waals surface area (Å²) in [4.78, 5) is 17.5. The first-order chi connectivity index (χ1) is 16.0. The molecule has 1 fully saturated rings. The van der Waals surface area contributed by atoms with Crippen LogP contribution in [-0.4, -0.2) is 38.6 Å². The van der Waals surface area contributed by atoms with E-state index in [9.17, 15) is 4.79 Å². The molecule has 0 bridgehead atoms. The molecule has 0 aliphatic carbocycles. The lowest BCUT2D eigenvalue weighted by atomic mass is 10.1. The minimum Gasteiger partial charge on any atom is -0.451 e. The smallest absolute Gasteiger partial charge is 0.294 e. The molecule has 2 aromatic carbocycles. The maximum Gasteiger partial charge on any atom is 0.294 e. The second-order valence-corrected chi connectivity index (χ2v) is 8.30. The first-order valence-electron chi connectivity index (χ1n) is 11.2. The molecule has 0 atom stereocenters. The molecule has 0 radical (unpaired) electrons. The van der Waals surface area contributed by atoms with Gasteiger partial charge in [0.1, 0.15) is 5.76 Å². The van der Waals surface area contributed by atoms with Crippen LogP contribution < -0.4 is 15.1 Å². The number of piperazine rings is 1. The van der Waals surface area contributed by atoms with Crippen molar-refractivity contribution in [3.05, 3.63) is 83.6 Å². The summed E-state index contributed by atoms with van der Waals surface area (Å²) < 4.78 is 5.92. The number of benzene rings is 2. The second-order valence-electron chi connectivity index (χ2n) is 8.30. The Kier molecular flexibility index (Phi) is 6.92. The van der Waals surface area contributed by atoms with Gasteiger partial charge < -0.3 is 19.5 Å². The number of carbonyl (C=O) groups excluding carboxylic acids is 1. The Hall–Kier alpha value is -3.82. The van der Waals surface area contributed by atoms with Gasteiger partial charge in [0.15, 0.2) is 5.76 Å². The highest BCUT2D eigenvalue weighted by Crippen LogP contribution is 2.26. The zero-order chi connectivity index (χ0) is 23.2. The van der Waals surface area contributed by atoms with Crippen LogP contribution in [-0.2, 0) is 0 Å². The summed E-state index contributed by atoms with van der Waals surface area (Å²) in [5.74, 6) is 0.684. The summed E-state index contributed by atoms with van der Waals surface area (Å²) in [6.45, 7) is 8.41. The monoisotopic (exact) mass is 440 g/mol. The highest BCUT2D eigenvalue weighted by atomic mass is 16.4. The molecule has 6 heteroatoms. The molecular formula is C27H28N4O2. The van der Waals surface area contributed by atoms with Crippen molar-refractivity contribution >= 4 is 17.3 Å². The van der Waals surface area contributed by atoms with Gasteiger partial charge in [-0.2, -0.15) is 5.26 Å². The minimum absolute atomic E-state index is 0.192. The van der Waals surface area contributed by atoms with Crippen LogP contribution in [0.1, 0.15) is 30.0 Å². The molecule has 4 rings (SSSR count). The minimum atomic E-state index is -0.192. The molecule has 3 aromatic rings. The average molecular weight is 441 g/mol. The van der Waals surface area contributed by atoms with Gasteiger partial charge in [0.2, 0.25) is 0 Å². The third-order valence-corrected chi connectivity index (χ3v) is 5.69. The Morgan fingerprint density at radius 3 is 2.39 bits per heavy atom. The Labute approximate surface area is 194 Å². The number of nitrogens with one attached hydrogen (secondary N) is 1. The van der Waals surface area contributed by atoms with Crippen LogP contribution in [0.2, 0.25) is 0 Å². The van der Waals surface area contributed by atoms with E-state index in [1.54, 1.807) is 29.2 Å². The van der Waals surface area contributed by atoms with Gasteiger partial charge in [0.05, 0.1) is 11.6 Å². The van der Waals surface area contributed by atoms with Gasteiger partial charge in [-0.15, -0.1) is 0 Å². The molecule has 0 saturated carbocycles. The molecule has 2 heterocycles. The molecule has 0 unspecified atom stereocenters. The molecule has 1 saturated heterocycles. The molecule has 1 amide bonds. The zero-order valence-electron chi connectivity index (χ0n) is 19.0. The lowest BCUT2D eigenvalue weighted by molar-refractivity contribution is 0.0964. The fraction of sp³-hybridized carbons (Fsp3) is 0.259. The van der Waals surface area contributed by atoms with Crippen molar-refractivity contribution in [1.29, 1.82) is 5.26 Å². The van der Waals surface area contributed by atoms with E-state index in [1.165, 1.54) is 0 Å². The van der Waals surface area contributed by atoms with E-state index in [1.807, 2.05) is 44.2 Å². The highest BCUT2D eigenvalue weighted by Gasteiger charge is 2.21. The Morgan fingerprint density at radius 2 is 1.76 bits per heavy atom. The van der Waals surface area contributed by atoms with E-state index in [0.717, 1.165) is 48.7 Å². The number of hydrogen-bond acceptors (Lipinski definition) is 5. The van der Waals surface area contributed by atoms with Crippen molar-refractivity contribution in [2.45, 2.75) is 13.8 Å². The number of allylic oxidation sites excluding steroid dienone is 1. The van der Waals surface area contributed by atoms with Crippen molar-refractivity contribution < 1.29 is 9.21 Å². The highest BCUT2D eigenvalue weighted by molar-refractivity contribution is 6.04. The molecule has 1 aliphatic rings. The van der Waals surface area contributed by atoms with E-state index in [-0.39, 0.29) is 11.7 Å². The third-order valence-electron chi connectivity index (χ3n) is 5.69. The van der Waals surface area contributed by atoms with Crippen molar-refractivity contribution in [3.8, 4) is 17.4 Å². The molecular weight excluding hydrogens is 412 g/mol. The number of hydrogen-bond donors (Lipinski definition) is 1. The number of furan rings is 1. The molecule has 1 aromatic heterocycles. The molecule has 1 aliphatic heterocycles. The first kappa shape index (κ1) is 22.4. The second kappa shape index (κ2) is 10.2. The van der Waals surface area contributed by atoms with E-state index in [2.05, 4.69) is 28.4 Å². The molecule has 33 heavy (non-hydrogen) atoms. The van der Waals surface area contributed by atoms with Crippen molar-refractivity contribution in [2.24, 2.45) is 0 Å². The van der Waals surface area contributed by atoms with Gasteiger partial charge in [0.25, 0.3) is 5.91 Å². The Bertz CT molecular complexity index is 1160. The number of anilines is 2. The van der Waals surface area contributed by atoms with Gasteiger partial charge in [-0.25, -0.2) is 0 Å². The SMILES string of the molecule is CC(C)=CCN(C(=O)c1ccc(-c2ccc(C#N)cc2)o1)c1ccc(N2CCNCC2)cc1. The standard InChI is InChI=1S/C27H28N4O2/c1-20(2)13-16-31(24-9-7-23(8-10-24)30-17-14-29-15-18-30)27(32)26-12-11-25(33-26)22-5-3-21(19-28)4-6-22/h3-13,29H,14-18H2,1-2H3. The van der Waals surface area contributed by atoms with Crippen LogP contribution >= 0.6 is 0 Å². The maximum atomic E-state index is 13.4. The van der Waals surface area contributed by atoms with Crippen molar-refractivity contribution in [3.63, 3.8) is 0 Å². The fourth-order valence-electron chi connectivity index (χ4n) is 3.80. The summed E-state index contributed by atoms with van der Waals surface area (Å²) in [6, 6.07) is 20.9. The number of amides is 1. The summed E-state index contributed by atoms with van der Waals surface area (Å²) in [5.41, 5.74) is 4.54. The predicted molar refractivity (Wildman–Crippen MR) is 131 cm³/mol. The molecule has 168 valence electrons. The van der Waals surface area contributed by atoms with Crippen LogP contribution in [0.3, 0.4) is 0 Å². The van der Waals surface area contributed by atoms with Crippen molar-refractivity contribution in [2.75, 3.05) is 42.5 Å². The summed E-state index contributed by atoms with van der Waals surface area (Å²) in [6.07, 6.45) is 2.03. The van der Waals surface area contributed by atoms with Crippen LogP contribution in [0.4, 0.5) is 11.4 Å². The van der Waals surface area contributed by atoms with Gasteiger partial charge in [0, 0.05) is 49.7 Å². The third kappa shape index (κ3) is 5.33. The Balaban J connectivity index is 1.57. The van der Waals surface area contributed by atoms with Gasteiger partial charge in [-0.1, -0.05) is 11.6 Å². The number of nitrogens with zero attached hydrogens (tertiary/aromatic N) is 3. The number of carbonyl (C=O) groups is 1. The molecule has 1 N–H and O–H groups in total. The van der Waals surface area contributed by atoms with Crippen molar-refractivity contribution in [1.82, 2.24) is 5.32 Å². The topological polar surface area (TPSA) is 72.5 Å². The van der Waals surface area contributed by atoms with E-state index in [0.29, 0.717) is 17.9 Å².